The second-order valence-corrected chi connectivity index (χ2v) is 9.36. The number of nitrogens with zero attached hydrogens (tertiary/aromatic N) is 4. The van der Waals surface area contributed by atoms with E-state index in [0.717, 1.165) is 57.4 Å². The fourth-order valence-electron chi connectivity index (χ4n) is 4.89. The fraction of sp³-hybridized carbons (Fsp3) is 0.519. The van der Waals surface area contributed by atoms with Gasteiger partial charge in [-0.1, -0.05) is 36.4 Å². The second-order valence-electron chi connectivity index (χ2n) is 9.36. The predicted molar refractivity (Wildman–Crippen MR) is 151 cm³/mol. The number of likely N-dealkylation sites (tertiary alicyclic amines) is 1. The fourth-order valence-corrected chi connectivity index (χ4v) is 4.89. The van der Waals surface area contributed by atoms with Crippen LogP contribution in [0.4, 0.5) is 0 Å². The minimum absolute atomic E-state index is 0. The molecule has 0 radical (unpaired) electrons. The zero-order valence-corrected chi connectivity index (χ0v) is 23.2. The van der Waals surface area contributed by atoms with Gasteiger partial charge in [0.2, 0.25) is 0 Å². The third kappa shape index (κ3) is 7.33. The van der Waals surface area contributed by atoms with Gasteiger partial charge in [-0.15, -0.1) is 24.0 Å². The predicted octanol–water partition coefficient (Wildman–Crippen LogP) is 4.02. The number of hydrogen-bond donors (Lipinski definition) is 1. The number of hydrogen-bond acceptors (Lipinski definition) is 4. The summed E-state index contributed by atoms with van der Waals surface area (Å²) >= 11 is 0. The van der Waals surface area contributed by atoms with Crippen molar-refractivity contribution in [2.45, 2.75) is 31.8 Å². The van der Waals surface area contributed by atoms with Crippen molar-refractivity contribution in [2.24, 2.45) is 4.99 Å². The highest BCUT2D eigenvalue weighted by Crippen LogP contribution is 2.28. The van der Waals surface area contributed by atoms with Crippen molar-refractivity contribution >= 4 is 29.9 Å². The van der Waals surface area contributed by atoms with Crippen molar-refractivity contribution in [3.63, 3.8) is 0 Å². The van der Waals surface area contributed by atoms with E-state index < -0.39 is 0 Å². The SMILES string of the molecule is CN=C(NCc1ccc(CN2CCCN(C)CC2)cc1)N1CCC(c2ccc(OC)cc2)C1.I. The van der Waals surface area contributed by atoms with Crippen LogP contribution in [0.1, 0.15) is 35.4 Å². The van der Waals surface area contributed by atoms with Crippen LogP contribution in [0, 0.1) is 0 Å². The molecule has 1 atom stereocenters. The van der Waals surface area contributed by atoms with E-state index in [1.165, 1.54) is 36.2 Å². The standard InChI is InChI=1S/C27H39N5O.HI/c1-28-27(32-16-13-25(21-32)24-9-11-26(33-3)12-10-24)29-19-22-5-7-23(8-6-22)20-31-15-4-14-30(2)17-18-31;/h5-12,25H,4,13-21H2,1-3H3,(H,28,29);1H. The van der Waals surface area contributed by atoms with Crippen LogP contribution in [0.3, 0.4) is 0 Å². The first-order valence-electron chi connectivity index (χ1n) is 12.2. The Balaban J connectivity index is 0.00000324. The van der Waals surface area contributed by atoms with Gasteiger partial charge in [-0.25, -0.2) is 0 Å². The molecule has 2 aromatic rings. The van der Waals surface area contributed by atoms with Crippen LogP contribution in [-0.4, -0.2) is 81.1 Å². The van der Waals surface area contributed by atoms with E-state index in [4.69, 9.17) is 4.74 Å². The van der Waals surface area contributed by atoms with Crippen molar-refractivity contribution < 1.29 is 4.74 Å². The zero-order chi connectivity index (χ0) is 23.0. The molecule has 0 aromatic heterocycles. The molecule has 2 aromatic carbocycles. The van der Waals surface area contributed by atoms with Gasteiger partial charge in [0.05, 0.1) is 7.11 Å². The molecule has 2 aliphatic rings. The van der Waals surface area contributed by atoms with E-state index in [2.05, 4.69) is 80.6 Å². The van der Waals surface area contributed by atoms with Crippen molar-refractivity contribution in [1.82, 2.24) is 20.0 Å². The molecule has 2 aliphatic heterocycles. The third-order valence-electron chi connectivity index (χ3n) is 6.98. The monoisotopic (exact) mass is 577 g/mol. The number of guanidine groups is 1. The van der Waals surface area contributed by atoms with Crippen molar-refractivity contribution in [3.8, 4) is 5.75 Å². The largest absolute Gasteiger partial charge is 0.497 e. The number of nitrogens with one attached hydrogen (secondary N) is 1. The van der Waals surface area contributed by atoms with Gasteiger partial charge < -0.3 is 19.9 Å². The third-order valence-corrected chi connectivity index (χ3v) is 6.98. The summed E-state index contributed by atoms with van der Waals surface area (Å²) in [4.78, 5) is 11.9. The normalized spacial score (nSPS) is 20.0. The summed E-state index contributed by atoms with van der Waals surface area (Å²) in [6.45, 7) is 8.59. The molecule has 186 valence electrons. The van der Waals surface area contributed by atoms with Gasteiger partial charge in [-0.2, -0.15) is 0 Å². The number of likely N-dealkylation sites (N-methyl/N-ethyl adjacent to an activating group) is 1. The quantitative estimate of drug-likeness (QED) is 0.320. The number of rotatable bonds is 6. The van der Waals surface area contributed by atoms with Gasteiger partial charge >= 0.3 is 0 Å². The number of methoxy groups -OCH3 is 1. The Morgan fingerprint density at radius 1 is 0.971 bits per heavy atom. The Bertz CT molecular complexity index is 902. The van der Waals surface area contributed by atoms with E-state index in [0.29, 0.717) is 5.92 Å². The van der Waals surface area contributed by atoms with Gasteiger partial charge in [-0.05, 0) is 61.8 Å². The number of halogens is 1. The lowest BCUT2D eigenvalue weighted by atomic mass is 9.98. The van der Waals surface area contributed by atoms with Crippen molar-refractivity contribution in [3.05, 3.63) is 65.2 Å². The maximum Gasteiger partial charge on any atom is 0.193 e. The summed E-state index contributed by atoms with van der Waals surface area (Å²) in [5.74, 6) is 2.44. The van der Waals surface area contributed by atoms with E-state index in [1.54, 1.807) is 7.11 Å². The Labute approximate surface area is 222 Å². The molecule has 7 heteroatoms. The summed E-state index contributed by atoms with van der Waals surface area (Å²) in [7, 11) is 5.81. The molecule has 2 saturated heterocycles. The number of ether oxygens (including phenoxy) is 1. The second kappa shape index (κ2) is 13.3. The Morgan fingerprint density at radius 2 is 1.71 bits per heavy atom. The van der Waals surface area contributed by atoms with Crippen LogP contribution in [-0.2, 0) is 13.1 Å². The van der Waals surface area contributed by atoms with Crippen LogP contribution in [0.25, 0.3) is 0 Å². The van der Waals surface area contributed by atoms with E-state index in [9.17, 15) is 0 Å². The molecule has 6 nitrogen and oxygen atoms in total. The Kier molecular flexibility index (Phi) is 10.5. The average Bonchev–Trinajstić information content (AvgIpc) is 3.25. The first-order valence-corrected chi connectivity index (χ1v) is 12.2. The van der Waals surface area contributed by atoms with Crippen LogP contribution < -0.4 is 10.1 Å². The first-order chi connectivity index (χ1) is 16.1. The first kappa shape index (κ1) is 26.8. The molecule has 0 amide bonds. The van der Waals surface area contributed by atoms with E-state index in [-0.39, 0.29) is 24.0 Å². The molecule has 1 N–H and O–H groups in total. The highest BCUT2D eigenvalue weighted by atomic mass is 127. The Morgan fingerprint density at radius 3 is 2.41 bits per heavy atom. The van der Waals surface area contributed by atoms with Gasteiger partial charge in [0, 0.05) is 52.2 Å². The summed E-state index contributed by atoms with van der Waals surface area (Å²) in [5.41, 5.74) is 4.07. The molecule has 0 aliphatic carbocycles. The van der Waals surface area contributed by atoms with Gasteiger partial charge in [-0.3, -0.25) is 9.89 Å². The highest BCUT2D eigenvalue weighted by Gasteiger charge is 2.26. The average molecular weight is 578 g/mol. The molecule has 4 rings (SSSR count). The Hall–Kier alpha value is -1.84. The van der Waals surface area contributed by atoms with Crippen LogP contribution in [0.15, 0.2) is 53.5 Å². The molecule has 34 heavy (non-hydrogen) atoms. The van der Waals surface area contributed by atoms with Crippen LogP contribution in [0.2, 0.25) is 0 Å². The van der Waals surface area contributed by atoms with E-state index in [1.807, 2.05) is 7.05 Å². The maximum atomic E-state index is 5.29. The van der Waals surface area contributed by atoms with Gasteiger partial charge in [0.1, 0.15) is 5.75 Å². The molecular weight excluding hydrogens is 537 g/mol. The lowest BCUT2D eigenvalue weighted by Gasteiger charge is -2.22. The molecule has 0 spiro atoms. The van der Waals surface area contributed by atoms with Crippen LogP contribution in [0.5, 0.6) is 5.75 Å². The lowest BCUT2D eigenvalue weighted by Crippen LogP contribution is -2.39. The molecule has 0 saturated carbocycles. The molecular formula is C27H40IN5O. The van der Waals surface area contributed by atoms with Crippen LogP contribution >= 0.6 is 24.0 Å². The summed E-state index contributed by atoms with van der Waals surface area (Å²) in [5, 5.41) is 3.57. The molecule has 1 unspecified atom stereocenters. The summed E-state index contributed by atoms with van der Waals surface area (Å²) < 4.78 is 5.29. The maximum absolute atomic E-state index is 5.29. The number of aliphatic imine (C=N–C) groups is 1. The van der Waals surface area contributed by atoms with Gasteiger partial charge in [0.15, 0.2) is 5.96 Å². The van der Waals surface area contributed by atoms with Crippen molar-refractivity contribution in [1.29, 1.82) is 0 Å². The van der Waals surface area contributed by atoms with Crippen molar-refractivity contribution in [2.75, 3.05) is 60.5 Å². The summed E-state index contributed by atoms with van der Waals surface area (Å²) in [6, 6.07) is 17.6. The molecule has 2 fully saturated rings. The lowest BCUT2D eigenvalue weighted by molar-refractivity contribution is 0.269. The highest BCUT2D eigenvalue weighted by molar-refractivity contribution is 14.0. The van der Waals surface area contributed by atoms with E-state index >= 15 is 0 Å². The smallest absolute Gasteiger partial charge is 0.193 e. The summed E-state index contributed by atoms with van der Waals surface area (Å²) in [6.07, 6.45) is 2.40. The minimum Gasteiger partial charge on any atom is -0.497 e. The number of benzene rings is 2. The zero-order valence-electron chi connectivity index (χ0n) is 20.9. The molecule has 0 bridgehead atoms. The molecule has 2 heterocycles. The minimum atomic E-state index is 0. The van der Waals surface area contributed by atoms with Gasteiger partial charge in [0.25, 0.3) is 0 Å². The topological polar surface area (TPSA) is 43.3 Å².